The number of hydrogen-bond donors (Lipinski definition) is 0. The molecule has 0 N–H and O–H groups in total. The van der Waals surface area contributed by atoms with E-state index < -0.39 is 0 Å². The number of esters is 1. The van der Waals surface area contributed by atoms with E-state index in [2.05, 4.69) is 10.4 Å². The molecular weight excluding hydrogens is 274 g/mol. The van der Waals surface area contributed by atoms with Crippen molar-refractivity contribution in [1.29, 1.82) is 0 Å². The standard InChI is InChI=1S/C15H15NO3S/c1-18-15(17)11-4-2-3-10(7-11)14-16-13(9-20-14)12-5-6-19-8-12/h2-4,7,9,12H,5-6,8H2,1H3. The van der Waals surface area contributed by atoms with Crippen molar-refractivity contribution in [3.8, 4) is 10.6 Å². The highest BCUT2D eigenvalue weighted by Gasteiger charge is 2.20. The molecule has 1 atom stereocenters. The number of methoxy groups -OCH3 is 1. The normalized spacial score (nSPS) is 18.1. The summed E-state index contributed by atoms with van der Waals surface area (Å²) >= 11 is 1.60. The number of ether oxygens (including phenoxy) is 2. The van der Waals surface area contributed by atoms with Crippen molar-refractivity contribution in [2.45, 2.75) is 12.3 Å². The van der Waals surface area contributed by atoms with Gasteiger partial charge in [-0.25, -0.2) is 9.78 Å². The van der Waals surface area contributed by atoms with Gasteiger partial charge in [-0.1, -0.05) is 12.1 Å². The molecule has 0 bridgehead atoms. The Morgan fingerprint density at radius 2 is 2.40 bits per heavy atom. The number of carbonyl (C=O) groups excluding carboxylic acids is 1. The average molecular weight is 289 g/mol. The molecule has 0 amide bonds. The number of hydrogen-bond acceptors (Lipinski definition) is 5. The van der Waals surface area contributed by atoms with Gasteiger partial charge in [0.05, 0.1) is 25.0 Å². The Labute approximate surface area is 121 Å². The van der Waals surface area contributed by atoms with Gasteiger partial charge >= 0.3 is 5.97 Å². The quantitative estimate of drug-likeness (QED) is 0.815. The summed E-state index contributed by atoms with van der Waals surface area (Å²) in [5, 5.41) is 3.01. The SMILES string of the molecule is COC(=O)c1cccc(-c2nc(C3CCOC3)cs2)c1. The van der Waals surface area contributed by atoms with E-state index in [1.807, 2.05) is 18.2 Å². The van der Waals surface area contributed by atoms with Crippen LogP contribution in [0.25, 0.3) is 10.6 Å². The van der Waals surface area contributed by atoms with E-state index in [0.29, 0.717) is 11.5 Å². The molecule has 3 rings (SSSR count). The van der Waals surface area contributed by atoms with Crippen LogP contribution in [0.15, 0.2) is 29.6 Å². The van der Waals surface area contributed by atoms with Crippen molar-refractivity contribution in [1.82, 2.24) is 4.98 Å². The fourth-order valence-electron chi connectivity index (χ4n) is 2.27. The highest BCUT2D eigenvalue weighted by molar-refractivity contribution is 7.13. The van der Waals surface area contributed by atoms with Crippen LogP contribution < -0.4 is 0 Å². The van der Waals surface area contributed by atoms with Crippen LogP contribution in [0, 0.1) is 0 Å². The van der Waals surface area contributed by atoms with E-state index in [1.54, 1.807) is 17.4 Å². The molecule has 1 fully saturated rings. The molecule has 5 heteroatoms. The monoisotopic (exact) mass is 289 g/mol. The second kappa shape index (κ2) is 5.73. The highest BCUT2D eigenvalue weighted by Crippen LogP contribution is 2.31. The van der Waals surface area contributed by atoms with Gasteiger partial charge in [-0.2, -0.15) is 0 Å². The van der Waals surface area contributed by atoms with Gasteiger partial charge in [0.1, 0.15) is 5.01 Å². The molecule has 0 aliphatic carbocycles. The third kappa shape index (κ3) is 2.59. The largest absolute Gasteiger partial charge is 0.465 e. The third-order valence-electron chi connectivity index (χ3n) is 3.40. The first kappa shape index (κ1) is 13.3. The first-order chi connectivity index (χ1) is 9.78. The molecule has 1 aliphatic heterocycles. The van der Waals surface area contributed by atoms with Crippen molar-refractivity contribution < 1.29 is 14.3 Å². The maximum atomic E-state index is 11.6. The fraction of sp³-hybridized carbons (Fsp3) is 0.333. The van der Waals surface area contributed by atoms with Crippen LogP contribution >= 0.6 is 11.3 Å². The Kier molecular flexibility index (Phi) is 3.80. The number of aromatic nitrogens is 1. The van der Waals surface area contributed by atoms with Gasteiger partial charge in [-0.3, -0.25) is 0 Å². The van der Waals surface area contributed by atoms with Gasteiger partial charge in [0.2, 0.25) is 0 Å². The Balaban J connectivity index is 1.87. The van der Waals surface area contributed by atoms with Crippen LogP contribution in [0.2, 0.25) is 0 Å². The summed E-state index contributed by atoms with van der Waals surface area (Å²) in [7, 11) is 1.39. The number of rotatable bonds is 3. The van der Waals surface area contributed by atoms with Gasteiger partial charge in [0.25, 0.3) is 0 Å². The van der Waals surface area contributed by atoms with Gasteiger partial charge in [0, 0.05) is 23.5 Å². The van der Waals surface area contributed by atoms with Crippen LogP contribution in [0.5, 0.6) is 0 Å². The van der Waals surface area contributed by atoms with Crippen molar-refractivity contribution >= 4 is 17.3 Å². The zero-order valence-electron chi connectivity index (χ0n) is 11.2. The smallest absolute Gasteiger partial charge is 0.337 e. The summed E-state index contributed by atoms with van der Waals surface area (Å²) in [5.74, 6) is 0.0802. The van der Waals surface area contributed by atoms with E-state index in [9.17, 15) is 4.79 Å². The molecule has 4 nitrogen and oxygen atoms in total. The first-order valence-corrected chi connectivity index (χ1v) is 7.38. The van der Waals surface area contributed by atoms with Crippen molar-refractivity contribution in [3.05, 3.63) is 40.9 Å². The highest BCUT2D eigenvalue weighted by atomic mass is 32.1. The predicted molar refractivity (Wildman–Crippen MR) is 77.1 cm³/mol. The molecule has 104 valence electrons. The zero-order chi connectivity index (χ0) is 13.9. The van der Waals surface area contributed by atoms with Gasteiger partial charge in [0.15, 0.2) is 0 Å². The molecule has 1 aromatic heterocycles. The van der Waals surface area contributed by atoms with Gasteiger partial charge < -0.3 is 9.47 Å². The molecule has 20 heavy (non-hydrogen) atoms. The van der Waals surface area contributed by atoms with E-state index in [-0.39, 0.29) is 5.97 Å². The Morgan fingerprint density at radius 1 is 1.50 bits per heavy atom. The van der Waals surface area contributed by atoms with E-state index in [4.69, 9.17) is 9.47 Å². The van der Waals surface area contributed by atoms with Crippen molar-refractivity contribution in [2.75, 3.05) is 20.3 Å². The fourth-order valence-corrected chi connectivity index (χ4v) is 3.17. The van der Waals surface area contributed by atoms with Gasteiger partial charge in [-0.05, 0) is 18.6 Å². The maximum Gasteiger partial charge on any atom is 0.337 e. The summed E-state index contributed by atoms with van der Waals surface area (Å²) in [6.07, 6.45) is 1.03. The average Bonchev–Trinajstić information content (AvgIpc) is 3.17. The number of carbonyl (C=O) groups is 1. The van der Waals surface area contributed by atoms with E-state index >= 15 is 0 Å². The molecule has 0 radical (unpaired) electrons. The number of thiazole rings is 1. The topological polar surface area (TPSA) is 48.4 Å². The molecule has 1 aliphatic rings. The second-order valence-electron chi connectivity index (χ2n) is 4.71. The Bertz CT molecular complexity index is 617. The molecule has 1 aromatic carbocycles. The molecule has 2 aromatic rings. The lowest BCUT2D eigenvalue weighted by Crippen LogP contribution is -2.01. The van der Waals surface area contributed by atoms with E-state index in [1.165, 1.54) is 7.11 Å². The Morgan fingerprint density at radius 3 is 3.15 bits per heavy atom. The predicted octanol–water partition coefficient (Wildman–Crippen LogP) is 3.10. The van der Waals surface area contributed by atoms with Crippen molar-refractivity contribution in [2.24, 2.45) is 0 Å². The summed E-state index contributed by atoms with van der Waals surface area (Å²) in [6.45, 7) is 1.57. The third-order valence-corrected chi connectivity index (χ3v) is 4.31. The first-order valence-electron chi connectivity index (χ1n) is 6.50. The second-order valence-corrected chi connectivity index (χ2v) is 5.57. The van der Waals surface area contributed by atoms with E-state index in [0.717, 1.165) is 35.9 Å². The summed E-state index contributed by atoms with van der Waals surface area (Å²) in [4.78, 5) is 16.2. The zero-order valence-corrected chi connectivity index (χ0v) is 12.0. The van der Waals surface area contributed by atoms with Crippen LogP contribution in [-0.4, -0.2) is 31.3 Å². The van der Waals surface area contributed by atoms with Crippen LogP contribution in [0.1, 0.15) is 28.4 Å². The minimum absolute atomic E-state index is 0.326. The van der Waals surface area contributed by atoms with Crippen molar-refractivity contribution in [3.63, 3.8) is 0 Å². The number of benzene rings is 1. The molecule has 2 heterocycles. The lowest BCUT2D eigenvalue weighted by molar-refractivity contribution is 0.0601. The minimum Gasteiger partial charge on any atom is -0.465 e. The summed E-state index contributed by atoms with van der Waals surface area (Å²) in [6, 6.07) is 7.37. The Hall–Kier alpha value is -1.72. The minimum atomic E-state index is -0.326. The van der Waals surface area contributed by atoms with Crippen LogP contribution in [0.4, 0.5) is 0 Å². The molecule has 0 spiro atoms. The number of nitrogens with zero attached hydrogens (tertiary/aromatic N) is 1. The molecule has 1 unspecified atom stereocenters. The lowest BCUT2D eigenvalue weighted by atomic mass is 10.1. The lowest BCUT2D eigenvalue weighted by Gasteiger charge is -2.03. The molecule has 0 saturated carbocycles. The van der Waals surface area contributed by atoms with Gasteiger partial charge in [-0.15, -0.1) is 11.3 Å². The molecular formula is C15H15NO3S. The molecule has 1 saturated heterocycles. The van der Waals surface area contributed by atoms with Crippen LogP contribution in [0.3, 0.4) is 0 Å². The summed E-state index contributed by atoms with van der Waals surface area (Å²) in [5.41, 5.74) is 2.58. The van der Waals surface area contributed by atoms with Crippen LogP contribution in [-0.2, 0) is 9.47 Å². The maximum absolute atomic E-state index is 11.6. The summed E-state index contributed by atoms with van der Waals surface area (Å²) < 4.78 is 10.1.